The van der Waals surface area contributed by atoms with Gasteiger partial charge in [0.15, 0.2) is 11.5 Å². The summed E-state index contributed by atoms with van der Waals surface area (Å²) >= 11 is 5.81. The summed E-state index contributed by atoms with van der Waals surface area (Å²) in [6.45, 7) is 0.509. The molecule has 0 radical (unpaired) electrons. The van der Waals surface area contributed by atoms with Crippen LogP contribution >= 0.6 is 11.6 Å². The van der Waals surface area contributed by atoms with Crippen molar-refractivity contribution >= 4 is 17.5 Å². The van der Waals surface area contributed by atoms with Crippen molar-refractivity contribution in [3.63, 3.8) is 0 Å². The highest BCUT2D eigenvalue weighted by atomic mass is 35.5. The average molecular weight is 330 g/mol. The summed E-state index contributed by atoms with van der Waals surface area (Å²) < 4.78 is 10.6. The fraction of sp³-hybridized carbons (Fsp3) is 0.167. The van der Waals surface area contributed by atoms with Crippen LogP contribution in [0.1, 0.15) is 15.9 Å². The third kappa shape index (κ3) is 4.67. The van der Waals surface area contributed by atoms with Gasteiger partial charge in [-0.2, -0.15) is 0 Å². The van der Waals surface area contributed by atoms with Gasteiger partial charge in [-0.3, -0.25) is 4.79 Å². The second-order valence-electron chi connectivity index (χ2n) is 4.67. The zero-order valence-electron chi connectivity index (χ0n) is 12.6. The average Bonchev–Trinajstić information content (AvgIpc) is 2.58. The summed E-state index contributed by atoms with van der Waals surface area (Å²) in [4.78, 5) is 12.1. The minimum absolute atomic E-state index is 0.150. The van der Waals surface area contributed by atoms with Gasteiger partial charge < -0.3 is 14.8 Å². The molecule has 0 saturated carbocycles. The second-order valence-corrected chi connectivity index (χ2v) is 5.10. The second kappa shape index (κ2) is 8.11. The minimum atomic E-state index is -0.177. The standard InChI is InChI=1S/C18H16ClNO3/c1-3-10-23-17-11-13(4-9-16(17)22-2)12-20-18(21)14-5-7-15(19)8-6-14/h1,4-9,11H,10,12H2,2H3,(H,20,21). The zero-order chi connectivity index (χ0) is 16.7. The number of methoxy groups -OCH3 is 1. The molecule has 0 heterocycles. The molecule has 2 aromatic carbocycles. The molecule has 0 aliphatic rings. The number of amides is 1. The molecule has 0 unspecified atom stereocenters. The Balaban J connectivity index is 2.03. The molecule has 1 N–H and O–H groups in total. The Morgan fingerprint density at radius 2 is 1.96 bits per heavy atom. The van der Waals surface area contributed by atoms with Crippen LogP contribution in [0.3, 0.4) is 0 Å². The van der Waals surface area contributed by atoms with E-state index < -0.39 is 0 Å². The molecule has 0 saturated heterocycles. The van der Waals surface area contributed by atoms with E-state index in [9.17, 15) is 4.79 Å². The van der Waals surface area contributed by atoms with E-state index in [4.69, 9.17) is 27.5 Å². The Bertz CT molecular complexity index is 720. The third-order valence-corrected chi connectivity index (χ3v) is 3.35. The van der Waals surface area contributed by atoms with E-state index in [2.05, 4.69) is 11.2 Å². The molecule has 2 aromatic rings. The van der Waals surface area contributed by atoms with Crippen molar-refractivity contribution in [2.24, 2.45) is 0 Å². The molecule has 2 rings (SSSR count). The maximum atomic E-state index is 12.1. The number of rotatable bonds is 6. The lowest BCUT2D eigenvalue weighted by Crippen LogP contribution is -2.22. The monoisotopic (exact) mass is 329 g/mol. The topological polar surface area (TPSA) is 47.6 Å². The Morgan fingerprint density at radius 3 is 2.61 bits per heavy atom. The number of carbonyl (C=O) groups excluding carboxylic acids is 1. The number of nitrogens with one attached hydrogen (secondary N) is 1. The predicted octanol–water partition coefficient (Wildman–Crippen LogP) is 3.29. The maximum Gasteiger partial charge on any atom is 0.251 e. The van der Waals surface area contributed by atoms with Crippen molar-refractivity contribution < 1.29 is 14.3 Å². The lowest BCUT2D eigenvalue weighted by atomic mass is 10.1. The van der Waals surface area contributed by atoms with Gasteiger partial charge in [-0.1, -0.05) is 23.6 Å². The first kappa shape index (κ1) is 16.7. The molecule has 0 bridgehead atoms. The van der Waals surface area contributed by atoms with E-state index in [1.807, 2.05) is 6.07 Å². The molecule has 23 heavy (non-hydrogen) atoms. The molecule has 0 spiro atoms. The highest BCUT2D eigenvalue weighted by Gasteiger charge is 2.08. The molecule has 5 heteroatoms. The van der Waals surface area contributed by atoms with Crippen LogP contribution < -0.4 is 14.8 Å². The van der Waals surface area contributed by atoms with Gasteiger partial charge >= 0.3 is 0 Å². The van der Waals surface area contributed by atoms with Crippen molar-refractivity contribution in [2.75, 3.05) is 13.7 Å². The molecule has 0 aromatic heterocycles. The van der Waals surface area contributed by atoms with Crippen molar-refractivity contribution in [1.82, 2.24) is 5.32 Å². The van der Waals surface area contributed by atoms with E-state index in [0.717, 1.165) is 5.56 Å². The SMILES string of the molecule is C#CCOc1cc(CNC(=O)c2ccc(Cl)cc2)ccc1OC. The molecule has 0 aliphatic carbocycles. The molecule has 118 valence electrons. The fourth-order valence-electron chi connectivity index (χ4n) is 1.95. The van der Waals surface area contributed by atoms with Crippen molar-refractivity contribution in [2.45, 2.75) is 6.54 Å². The van der Waals surface area contributed by atoms with Crippen LogP contribution in [0, 0.1) is 12.3 Å². The smallest absolute Gasteiger partial charge is 0.251 e. The summed E-state index contributed by atoms with van der Waals surface area (Å²) in [7, 11) is 1.56. The number of benzene rings is 2. The van der Waals surface area contributed by atoms with Gasteiger partial charge in [0.1, 0.15) is 6.61 Å². The van der Waals surface area contributed by atoms with E-state index in [1.165, 1.54) is 0 Å². The van der Waals surface area contributed by atoms with Crippen LogP contribution in [-0.4, -0.2) is 19.6 Å². The van der Waals surface area contributed by atoms with Gasteiger partial charge in [0.25, 0.3) is 5.91 Å². The van der Waals surface area contributed by atoms with Crippen LogP contribution in [0.25, 0.3) is 0 Å². The van der Waals surface area contributed by atoms with Gasteiger partial charge in [0, 0.05) is 17.1 Å². The number of halogens is 1. The van der Waals surface area contributed by atoms with Crippen LogP contribution in [-0.2, 0) is 6.54 Å². The zero-order valence-corrected chi connectivity index (χ0v) is 13.4. The molecule has 0 atom stereocenters. The number of hydrogen-bond donors (Lipinski definition) is 1. The normalized spacial score (nSPS) is 9.78. The quantitative estimate of drug-likeness (QED) is 0.827. The fourth-order valence-corrected chi connectivity index (χ4v) is 2.07. The molecule has 4 nitrogen and oxygen atoms in total. The van der Waals surface area contributed by atoms with Gasteiger partial charge in [0.05, 0.1) is 7.11 Å². The van der Waals surface area contributed by atoms with E-state index >= 15 is 0 Å². The molecule has 1 amide bonds. The van der Waals surface area contributed by atoms with Crippen molar-refractivity contribution in [3.8, 4) is 23.8 Å². The van der Waals surface area contributed by atoms with E-state index in [1.54, 1.807) is 43.5 Å². The van der Waals surface area contributed by atoms with Gasteiger partial charge in [-0.05, 0) is 42.0 Å². The first-order valence-corrected chi connectivity index (χ1v) is 7.28. The molecular formula is C18H16ClNO3. The van der Waals surface area contributed by atoms with Gasteiger partial charge in [-0.15, -0.1) is 6.42 Å². The molecule has 0 fully saturated rings. The first-order chi connectivity index (χ1) is 11.1. The summed E-state index contributed by atoms with van der Waals surface area (Å²) in [5.41, 5.74) is 1.42. The largest absolute Gasteiger partial charge is 0.493 e. The Kier molecular flexibility index (Phi) is 5.90. The summed E-state index contributed by atoms with van der Waals surface area (Å²) in [5.74, 6) is 3.36. The highest BCUT2D eigenvalue weighted by molar-refractivity contribution is 6.30. The maximum absolute atomic E-state index is 12.1. The first-order valence-electron chi connectivity index (χ1n) is 6.91. The van der Waals surface area contributed by atoms with E-state index in [0.29, 0.717) is 28.6 Å². The number of carbonyl (C=O) groups is 1. The van der Waals surface area contributed by atoms with Crippen LogP contribution in [0.4, 0.5) is 0 Å². The molecule has 0 aliphatic heterocycles. The van der Waals surface area contributed by atoms with Gasteiger partial charge in [-0.25, -0.2) is 0 Å². The minimum Gasteiger partial charge on any atom is -0.493 e. The lowest BCUT2D eigenvalue weighted by Gasteiger charge is -2.11. The number of hydrogen-bond acceptors (Lipinski definition) is 3. The third-order valence-electron chi connectivity index (χ3n) is 3.10. The van der Waals surface area contributed by atoms with Crippen molar-refractivity contribution in [1.29, 1.82) is 0 Å². The van der Waals surface area contributed by atoms with Crippen LogP contribution in [0.15, 0.2) is 42.5 Å². The van der Waals surface area contributed by atoms with Crippen LogP contribution in [0.2, 0.25) is 5.02 Å². The Morgan fingerprint density at radius 1 is 1.22 bits per heavy atom. The number of terminal acetylenes is 1. The summed E-state index contributed by atoms with van der Waals surface area (Å²) in [5, 5.41) is 3.43. The predicted molar refractivity (Wildman–Crippen MR) is 89.9 cm³/mol. The summed E-state index contributed by atoms with van der Waals surface area (Å²) in [6, 6.07) is 12.1. The highest BCUT2D eigenvalue weighted by Crippen LogP contribution is 2.28. The Hall–Kier alpha value is -2.64. The van der Waals surface area contributed by atoms with Gasteiger partial charge in [0.2, 0.25) is 0 Å². The summed E-state index contributed by atoms with van der Waals surface area (Å²) in [6.07, 6.45) is 5.20. The van der Waals surface area contributed by atoms with Crippen molar-refractivity contribution in [3.05, 3.63) is 58.6 Å². The number of ether oxygens (including phenoxy) is 2. The van der Waals surface area contributed by atoms with Crippen LogP contribution in [0.5, 0.6) is 11.5 Å². The lowest BCUT2D eigenvalue weighted by molar-refractivity contribution is 0.0951. The van der Waals surface area contributed by atoms with E-state index in [-0.39, 0.29) is 12.5 Å². The Labute approximate surface area is 140 Å². The molecular weight excluding hydrogens is 314 g/mol.